The molecule has 0 saturated heterocycles. The number of carbonyl (C=O) groups is 1. The zero-order chi connectivity index (χ0) is 13.9. The summed E-state index contributed by atoms with van der Waals surface area (Å²) in [4.78, 5) is 12.4. The Labute approximate surface area is 115 Å². The molecule has 0 aliphatic heterocycles. The fourth-order valence-electron chi connectivity index (χ4n) is 1.19. The number of halogens is 1. The predicted molar refractivity (Wildman–Crippen MR) is 73.6 cm³/mol. The summed E-state index contributed by atoms with van der Waals surface area (Å²) in [6, 6.07) is 0. The highest BCUT2D eigenvalue weighted by molar-refractivity contribution is 7.13. The molecule has 0 aromatic carbocycles. The molecule has 0 aliphatic rings. The molecule has 1 aromatic rings. The molecule has 1 rings (SSSR count). The van der Waals surface area contributed by atoms with Crippen molar-refractivity contribution >= 4 is 34.7 Å². The molecular weight excluding hydrogens is 274 g/mol. The Morgan fingerprint density at radius 3 is 2.72 bits per heavy atom. The van der Waals surface area contributed by atoms with Crippen molar-refractivity contribution in [2.75, 3.05) is 6.54 Å². The predicted octanol–water partition coefficient (Wildman–Crippen LogP) is 2.21. The Hall–Kier alpha value is -1.27. The first kappa shape index (κ1) is 14.8. The molecule has 0 fully saturated rings. The molecule has 0 atom stereocenters. The van der Waals surface area contributed by atoms with Gasteiger partial charge in [-0.1, -0.05) is 30.6 Å². The van der Waals surface area contributed by atoms with Gasteiger partial charge in [-0.15, -0.1) is 11.3 Å². The van der Waals surface area contributed by atoms with Gasteiger partial charge < -0.3 is 16.3 Å². The van der Waals surface area contributed by atoms with Gasteiger partial charge in [0.1, 0.15) is 10.7 Å². The third kappa shape index (κ3) is 3.14. The molecule has 0 bridgehead atoms. The van der Waals surface area contributed by atoms with E-state index in [0.29, 0.717) is 9.90 Å². The van der Waals surface area contributed by atoms with Gasteiger partial charge in [0.05, 0.1) is 5.02 Å². The molecule has 1 amide bonds. The normalized spacial score (nSPS) is 12.6. The zero-order valence-corrected chi connectivity index (χ0v) is 12.0. The number of hydrogen-bond donors (Lipinski definition) is 3. The smallest absolute Gasteiger partial charge is 0.262 e. The van der Waals surface area contributed by atoms with Crippen molar-refractivity contribution < 1.29 is 10.0 Å². The SMILES string of the molecule is Cc1csc(C(=O)NCC(C)(C)C(N)=NO)c1Cl. The Kier molecular flexibility index (Phi) is 4.59. The maximum absolute atomic E-state index is 11.9. The van der Waals surface area contributed by atoms with Crippen LogP contribution in [-0.2, 0) is 0 Å². The van der Waals surface area contributed by atoms with Crippen molar-refractivity contribution in [3.8, 4) is 0 Å². The number of thiophene rings is 1. The lowest BCUT2D eigenvalue weighted by Gasteiger charge is -2.22. The second kappa shape index (κ2) is 5.58. The number of nitrogens with zero attached hydrogens (tertiary/aromatic N) is 1. The summed E-state index contributed by atoms with van der Waals surface area (Å²) in [6.45, 7) is 5.64. The van der Waals surface area contributed by atoms with E-state index in [1.165, 1.54) is 11.3 Å². The lowest BCUT2D eigenvalue weighted by Crippen LogP contribution is -2.42. The quantitative estimate of drug-likeness (QED) is 0.344. The van der Waals surface area contributed by atoms with Crippen molar-refractivity contribution in [1.29, 1.82) is 0 Å². The molecule has 0 unspecified atom stereocenters. The van der Waals surface area contributed by atoms with Gasteiger partial charge in [0, 0.05) is 12.0 Å². The van der Waals surface area contributed by atoms with E-state index in [0.717, 1.165) is 5.56 Å². The number of hydrogen-bond acceptors (Lipinski definition) is 4. The van der Waals surface area contributed by atoms with Gasteiger partial charge in [0.25, 0.3) is 5.91 Å². The van der Waals surface area contributed by atoms with Crippen LogP contribution in [0.4, 0.5) is 0 Å². The van der Waals surface area contributed by atoms with E-state index in [4.69, 9.17) is 22.5 Å². The summed E-state index contributed by atoms with van der Waals surface area (Å²) >= 11 is 7.30. The van der Waals surface area contributed by atoms with Crippen LogP contribution in [0.1, 0.15) is 29.1 Å². The van der Waals surface area contributed by atoms with Crippen molar-refractivity contribution in [2.45, 2.75) is 20.8 Å². The topological polar surface area (TPSA) is 87.7 Å². The lowest BCUT2D eigenvalue weighted by molar-refractivity contribution is 0.0948. The van der Waals surface area contributed by atoms with E-state index in [9.17, 15) is 4.79 Å². The summed E-state index contributed by atoms with van der Waals surface area (Å²) < 4.78 is 0. The van der Waals surface area contributed by atoms with Gasteiger partial charge in [-0.25, -0.2) is 0 Å². The minimum atomic E-state index is -0.622. The van der Waals surface area contributed by atoms with Crippen LogP contribution >= 0.6 is 22.9 Å². The number of rotatable bonds is 4. The van der Waals surface area contributed by atoms with Crippen LogP contribution in [0.25, 0.3) is 0 Å². The zero-order valence-electron chi connectivity index (χ0n) is 10.5. The third-order valence-electron chi connectivity index (χ3n) is 2.60. The highest BCUT2D eigenvalue weighted by Gasteiger charge is 2.25. The third-order valence-corrected chi connectivity index (χ3v) is 4.29. The summed E-state index contributed by atoms with van der Waals surface area (Å²) in [6.07, 6.45) is 0. The second-order valence-electron chi connectivity index (χ2n) is 4.61. The summed E-state index contributed by atoms with van der Waals surface area (Å²) in [5.41, 5.74) is 5.79. The number of nitrogens with two attached hydrogens (primary N) is 1. The summed E-state index contributed by atoms with van der Waals surface area (Å²) in [5.74, 6) is -0.187. The van der Waals surface area contributed by atoms with Gasteiger partial charge in [0.2, 0.25) is 0 Å². The number of nitrogens with one attached hydrogen (secondary N) is 1. The first-order chi connectivity index (χ1) is 8.29. The largest absolute Gasteiger partial charge is 0.409 e. The molecule has 0 spiro atoms. The number of amidine groups is 1. The Bertz CT molecular complexity index is 483. The fraction of sp³-hybridized carbons (Fsp3) is 0.455. The van der Waals surface area contributed by atoms with Crippen molar-refractivity contribution in [3.05, 3.63) is 20.8 Å². The number of aryl methyl sites for hydroxylation is 1. The minimum Gasteiger partial charge on any atom is -0.409 e. The molecule has 100 valence electrons. The molecule has 0 radical (unpaired) electrons. The van der Waals surface area contributed by atoms with Crippen molar-refractivity contribution in [2.24, 2.45) is 16.3 Å². The molecule has 1 aromatic heterocycles. The standard InChI is InChI=1S/C11H16ClN3O2S/c1-6-4-18-8(7(6)12)9(16)14-5-11(2,3)10(13)15-17/h4,17H,5H2,1-3H3,(H2,13,15)(H,14,16). The molecule has 1 heterocycles. The van der Waals surface area contributed by atoms with Crippen LogP contribution in [0.2, 0.25) is 5.02 Å². The van der Waals surface area contributed by atoms with Crippen LogP contribution in [0.3, 0.4) is 0 Å². The second-order valence-corrected chi connectivity index (χ2v) is 5.87. The van der Waals surface area contributed by atoms with Crippen LogP contribution in [0.5, 0.6) is 0 Å². The number of carbonyl (C=O) groups excluding carboxylic acids is 1. The van der Waals surface area contributed by atoms with E-state index in [1.54, 1.807) is 13.8 Å². The lowest BCUT2D eigenvalue weighted by atomic mass is 9.92. The van der Waals surface area contributed by atoms with Gasteiger partial charge >= 0.3 is 0 Å². The van der Waals surface area contributed by atoms with Crippen molar-refractivity contribution in [1.82, 2.24) is 5.32 Å². The average Bonchev–Trinajstić information content (AvgIpc) is 2.66. The fourth-order valence-corrected chi connectivity index (χ4v) is 2.39. The monoisotopic (exact) mass is 289 g/mol. The van der Waals surface area contributed by atoms with Gasteiger partial charge in [-0.05, 0) is 17.9 Å². The summed E-state index contributed by atoms with van der Waals surface area (Å²) in [7, 11) is 0. The number of amides is 1. The Balaban J connectivity index is 2.71. The molecule has 0 saturated carbocycles. The minimum absolute atomic E-state index is 0.0660. The van der Waals surface area contributed by atoms with E-state index in [-0.39, 0.29) is 18.3 Å². The summed E-state index contributed by atoms with van der Waals surface area (Å²) in [5, 5.41) is 16.6. The van der Waals surface area contributed by atoms with Crippen LogP contribution < -0.4 is 11.1 Å². The molecule has 4 N–H and O–H groups in total. The molecule has 7 heteroatoms. The molecular formula is C11H16ClN3O2S. The van der Waals surface area contributed by atoms with Gasteiger partial charge in [-0.2, -0.15) is 0 Å². The highest BCUT2D eigenvalue weighted by atomic mass is 35.5. The maximum atomic E-state index is 11.9. The molecule has 5 nitrogen and oxygen atoms in total. The Morgan fingerprint density at radius 1 is 1.67 bits per heavy atom. The van der Waals surface area contributed by atoms with Crippen LogP contribution in [0.15, 0.2) is 10.5 Å². The maximum Gasteiger partial charge on any atom is 0.262 e. The van der Waals surface area contributed by atoms with E-state index >= 15 is 0 Å². The van der Waals surface area contributed by atoms with Crippen molar-refractivity contribution in [3.63, 3.8) is 0 Å². The van der Waals surface area contributed by atoms with Gasteiger partial charge in [-0.3, -0.25) is 4.79 Å². The van der Waals surface area contributed by atoms with Crippen LogP contribution in [0, 0.1) is 12.3 Å². The first-order valence-electron chi connectivity index (χ1n) is 5.29. The van der Waals surface area contributed by atoms with Crippen LogP contribution in [-0.4, -0.2) is 23.5 Å². The first-order valence-corrected chi connectivity index (χ1v) is 6.55. The number of oxime groups is 1. The van der Waals surface area contributed by atoms with E-state index < -0.39 is 5.41 Å². The van der Waals surface area contributed by atoms with Gasteiger partial charge in [0.15, 0.2) is 0 Å². The molecule has 18 heavy (non-hydrogen) atoms. The highest BCUT2D eigenvalue weighted by Crippen LogP contribution is 2.27. The molecule has 0 aliphatic carbocycles. The Morgan fingerprint density at radius 2 is 2.28 bits per heavy atom. The van der Waals surface area contributed by atoms with E-state index in [1.807, 2.05) is 12.3 Å². The van der Waals surface area contributed by atoms with E-state index in [2.05, 4.69) is 10.5 Å². The average molecular weight is 290 g/mol.